The van der Waals surface area contributed by atoms with Crippen molar-refractivity contribution < 1.29 is 28.5 Å². The molecule has 2 amide bonds. The molecular formula is C26H28N2O6. The largest absolute Gasteiger partial charge is 0.493 e. The number of para-hydroxylation sites is 1. The zero-order chi connectivity index (χ0) is 24.7. The second kappa shape index (κ2) is 11.1. The molecule has 0 bridgehead atoms. The first-order chi connectivity index (χ1) is 16.4. The first-order valence-corrected chi connectivity index (χ1v) is 10.6. The van der Waals surface area contributed by atoms with Crippen LogP contribution in [0.1, 0.15) is 44.8 Å². The number of ether oxygens (including phenoxy) is 4. The lowest BCUT2D eigenvalue weighted by Gasteiger charge is -2.19. The first kappa shape index (κ1) is 24.4. The highest BCUT2D eigenvalue weighted by Gasteiger charge is 2.18. The van der Waals surface area contributed by atoms with Gasteiger partial charge in [0.2, 0.25) is 5.75 Å². The molecule has 0 saturated heterocycles. The van der Waals surface area contributed by atoms with Gasteiger partial charge in [0, 0.05) is 5.56 Å². The maximum Gasteiger partial charge on any atom is 0.252 e. The van der Waals surface area contributed by atoms with E-state index in [9.17, 15) is 9.59 Å². The van der Waals surface area contributed by atoms with Crippen LogP contribution in [0.15, 0.2) is 60.7 Å². The Labute approximate surface area is 198 Å². The van der Waals surface area contributed by atoms with E-state index >= 15 is 0 Å². The first-order valence-electron chi connectivity index (χ1n) is 10.6. The van der Waals surface area contributed by atoms with Gasteiger partial charge in [-0.2, -0.15) is 0 Å². The quantitative estimate of drug-likeness (QED) is 0.471. The number of carbonyl (C=O) groups is 2. The molecule has 0 heterocycles. The van der Waals surface area contributed by atoms with E-state index in [0.717, 1.165) is 11.1 Å². The molecule has 0 spiro atoms. The Morgan fingerprint density at radius 1 is 0.882 bits per heavy atom. The normalized spacial score (nSPS) is 11.3. The van der Waals surface area contributed by atoms with Gasteiger partial charge in [0.1, 0.15) is 12.4 Å². The SMILES string of the molecule is COc1cc(C(C)NC(=O)c2cccc(COc3ccccc3C(N)=O)c2)cc(OC)c1OC. The van der Waals surface area contributed by atoms with Crippen molar-refractivity contribution >= 4 is 11.8 Å². The molecule has 0 aromatic heterocycles. The van der Waals surface area contributed by atoms with Crippen LogP contribution in [0.5, 0.6) is 23.0 Å². The van der Waals surface area contributed by atoms with Crippen molar-refractivity contribution in [2.45, 2.75) is 19.6 Å². The highest BCUT2D eigenvalue weighted by molar-refractivity contribution is 5.95. The van der Waals surface area contributed by atoms with Crippen molar-refractivity contribution in [2.75, 3.05) is 21.3 Å². The van der Waals surface area contributed by atoms with Crippen molar-refractivity contribution in [3.05, 3.63) is 82.9 Å². The highest BCUT2D eigenvalue weighted by Crippen LogP contribution is 2.39. The van der Waals surface area contributed by atoms with Crippen LogP contribution in [0.3, 0.4) is 0 Å². The van der Waals surface area contributed by atoms with E-state index in [1.165, 1.54) is 7.11 Å². The zero-order valence-electron chi connectivity index (χ0n) is 19.6. The maximum atomic E-state index is 12.9. The van der Waals surface area contributed by atoms with Crippen molar-refractivity contribution in [2.24, 2.45) is 5.73 Å². The van der Waals surface area contributed by atoms with Gasteiger partial charge in [0.05, 0.1) is 32.9 Å². The fourth-order valence-electron chi connectivity index (χ4n) is 3.47. The van der Waals surface area contributed by atoms with Gasteiger partial charge in [0.25, 0.3) is 11.8 Å². The summed E-state index contributed by atoms with van der Waals surface area (Å²) >= 11 is 0. The van der Waals surface area contributed by atoms with Crippen molar-refractivity contribution in [3.63, 3.8) is 0 Å². The van der Waals surface area contributed by atoms with Crippen LogP contribution >= 0.6 is 0 Å². The fourth-order valence-corrected chi connectivity index (χ4v) is 3.47. The lowest BCUT2D eigenvalue weighted by molar-refractivity contribution is 0.0938. The Hall–Kier alpha value is -4.20. The molecule has 8 nitrogen and oxygen atoms in total. The number of rotatable bonds is 10. The van der Waals surface area contributed by atoms with Gasteiger partial charge in [0.15, 0.2) is 11.5 Å². The van der Waals surface area contributed by atoms with Gasteiger partial charge in [-0.05, 0) is 54.4 Å². The molecule has 0 fully saturated rings. The number of primary amides is 1. The molecule has 34 heavy (non-hydrogen) atoms. The Morgan fingerprint density at radius 3 is 2.18 bits per heavy atom. The van der Waals surface area contributed by atoms with Gasteiger partial charge in [-0.15, -0.1) is 0 Å². The number of carbonyl (C=O) groups excluding carboxylic acids is 2. The second-order valence-corrected chi connectivity index (χ2v) is 7.50. The lowest BCUT2D eigenvalue weighted by Crippen LogP contribution is -2.26. The molecule has 3 N–H and O–H groups in total. The minimum atomic E-state index is -0.565. The third-order valence-corrected chi connectivity index (χ3v) is 5.27. The zero-order valence-corrected chi connectivity index (χ0v) is 19.6. The number of nitrogens with one attached hydrogen (secondary N) is 1. The minimum absolute atomic E-state index is 0.174. The van der Waals surface area contributed by atoms with Crippen LogP contribution in [0, 0.1) is 0 Å². The van der Waals surface area contributed by atoms with Crippen LogP contribution in [-0.4, -0.2) is 33.1 Å². The van der Waals surface area contributed by atoms with E-state index in [-0.39, 0.29) is 18.6 Å². The highest BCUT2D eigenvalue weighted by atomic mass is 16.5. The van der Waals surface area contributed by atoms with E-state index in [1.54, 1.807) is 68.8 Å². The summed E-state index contributed by atoms with van der Waals surface area (Å²) in [4.78, 5) is 24.5. The predicted molar refractivity (Wildman–Crippen MR) is 128 cm³/mol. The summed E-state index contributed by atoms with van der Waals surface area (Å²) in [6.07, 6.45) is 0. The van der Waals surface area contributed by atoms with Crippen molar-refractivity contribution in [3.8, 4) is 23.0 Å². The summed E-state index contributed by atoms with van der Waals surface area (Å²) in [5.74, 6) is 1.07. The summed E-state index contributed by atoms with van der Waals surface area (Å²) in [6.45, 7) is 2.04. The number of benzene rings is 3. The molecule has 1 unspecified atom stereocenters. The maximum absolute atomic E-state index is 12.9. The van der Waals surface area contributed by atoms with Gasteiger partial charge in [-0.25, -0.2) is 0 Å². The molecule has 3 rings (SSSR count). The van der Waals surface area contributed by atoms with Gasteiger partial charge in [-0.3, -0.25) is 9.59 Å². The fraction of sp³-hybridized carbons (Fsp3) is 0.231. The average Bonchev–Trinajstić information content (AvgIpc) is 2.86. The number of hydrogen-bond acceptors (Lipinski definition) is 6. The third kappa shape index (κ3) is 5.58. The minimum Gasteiger partial charge on any atom is -0.493 e. The van der Waals surface area contributed by atoms with Crippen LogP contribution in [0.4, 0.5) is 0 Å². The third-order valence-electron chi connectivity index (χ3n) is 5.27. The smallest absolute Gasteiger partial charge is 0.252 e. The Kier molecular flexibility index (Phi) is 7.97. The molecule has 0 aliphatic carbocycles. The van der Waals surface area contributed by atoms with E-state index < -0.39 is 5.91 Å². The molecule has 0 radical (unpaired) electrons. The summed E-state index contributed by atoms with van der Waals surface area (Å²) in [5.41, 5.74) is 7.74. The molecule has 0 aliphatic rings. The molecule has 1 atom stereocenters. The van der Waals surface area contributed by atoms with Gasteiger partial charge in [-0.1, -0.05) is 24.3 Å². The molecule has 0 saturated carbocycles. The topological polar surface area (TPSA) is 109 Å². The summed E-state index contributed by atoms with van der Waals surface area (Å²) in [5, 5.41) is 2.98. The standard InChI is InChI=1S/C26H28N2O6/c1-16(19-13-22(31-2)24(33-4)23(14-19)32-3)28-26(30)18-9-7-8-17(12-18)15-34-21-11-6-5-10-20(21)25(27)29/h5-14,16H,15H2,1-4H3,(H2,27,29)(H,28,30). The molecule has 0 aliphatic heterocycles. The van der Waals surface area contributed by atoms with Crippen LogP contribution in [-0.2, 0) is 6.61 Å². The Balaban J connectivity index is 1.73. The van der Waals surface area contributed by atoms with Crippen molar-refractivity contribution in [1.82, 2.24) is 5.32 Å². The van der Waals surface area contributed by atoms with Gasteiger partial charge < -0.3 is 30.0 Å². The van der Waals surface area contributed by atoms with Gasteiger partial charge >= 0.3 is 0 Å². The molecular weight excluding hydrogens is 436 g/mol. The molecule has 3 aromatic rings. The number of hydrogen-bond donors (Lipinski definition) is 2. The number of nitrogens with two attached hydrogens (primary N) is 1. The summed E-state index contributed by atoms with van der Waals surface area (Å²) in [7, 11) is 4.62. The van der Waals surface area contributed by atoms with E-state index in [4.69, 9.17) is 24.7 Å². The number of methoxy groups -OCH3 is 3. The van der Waals surface area contributed by atoms with Crippen molar-refractivity contribution in [1.29, 1.82) is 0 Å². The number of amides is 2. The average molecular weight is 465 g/mol. The van der Waals surface area contributed by atoms with E-state index in [2.05, 4.69) is 5.32 Å². The monoisotopic (exact) mass is 464 g/mol. The molecule has 8 heteroatoms. The Bertz CT molecular complexity index is 1150. The summed E-state index contributed by atoms with van der Waals surface area (Å²) < 4.78 is 21.9. The van der Waals surface area contributed by atoms with E-state index in [0.29, 0.717) is 34.1 Å². The molecule has 178 valence electrons. The van der Waals surface area contributed by atoms with Crippen LogP contribution < -0.4 is 30.0 Å². The summed E-state index contributed by atoms with van der Waals surface area (Å²) in [6, 6.07) is 17.1. The van der Waals surface area contributed by atoms with Crippen LogP contribution in [0.2, 0.25) is 0 Å². The second-order valence-electron chi connectivity index (χ2n) is 7.50. The van der Waals surface area contributed by atoms with Crippen LogP contribution in [0.25, 0.3) is 0 Å². The van der Waals surface area contributed by atoms with E-state index in [1.807, 2.05) is 13.0 Å². The lowest BCUT2D eigenvalue weighted by atomic mass is 10.1. The predicted octanol–water partition coefficient (Wildman–Crippen LogP) is 3.88. The Morgan fingerprint density at radius 2 is 1.56 bits per heavy atom. The molecule has 3 aromatic carbocycles.